The Labute approximate surface area is 200 Å². The molecule has 0 fully saturated rings. The van der Waals surface area contributed by atoms with Crippen LogP contribution in [0.3, 0.4) is 0 Å². The van der Waals surface area contributed by atoms with Crippen LogP contribution in [0.15, 0.2) is 36.7 Å². The van der Waals surface area contributed by atoms with Crippen LogP contribution in [0.2, 0.25) is 0 Å². The normalized spacial score (nSPS) is 12.0. The van der Waals surface area contributed by atoms with Gasteiger partial charge in [-0.2, -0.15) is 0 Å². The summed E-state index contributed by atoms with van der Waals surface area (Å²) in [6.07, 6.45) is 13.0. The summed E-state index contributed by atoms with van der Waals surface area (Å²) in [5.74, 6) is 2.17. The van der Waals surface area contributed by atoms with E-state index < -0.39 is 0 Å². The summed E-state index contributed by atoms with van der Waals surface area (Å²) >= 11 is 0. The summed E-state index contributed by atoms with van der Waals surface area (Å²) in [5.41, 5.74) is 0.941. The minimum Gasteiger partial charge on any atom is -0.490 e. The van der Waals surface area contributed by atoms with Gasteiger partial charge in [-0.25, -0.2) is 9.97 Å². The zero-order chi connectivity index (χ0) is 23.6. The zero-order valence-electron chi connectivity index (χ0n) is 20.8. The third-order valence-electron chi connectivity index (χ3n) is 5.13. The number of hydrogen-bond acceptors (Lipinski definition) is 6. The predicted octanol–water partition coefficient (Wildman–Crippen LogP) is 6.83. The van der Waals surface area contributed by atoms with Crippen LogP contribution in [0.25, 0.3) is 11.4 Å². The maximum Gasteiger partial charge on any atom is 0.199 e. The second kappa shape index (κ2) is 17.3. The van der Waals surface area contributed by atoms with Gasteiger partial charge >= 0.3 is 0 Å². The van der Waals surface area contributed by atoms with E-state index in [9.17, 15) is 0 Å². The number of rotatable bonds is 19. The molecule has 184 valence electrons. The number of benzene rings is 1. The largest absolute Gasteiger partial charge is 0.490 e. The Morgan fingerprint density at radius 3 is 2.06 bits per heavy atom. The van der Waals surface area contributed by atoms with Crippen LogP contribution in [-0.4, -0.2) is 42.7 Å². The molecule has 0 radical (unpaired) electrons. The minimum absolute atomic E-state index is 0.201. The van der Waals surface area contributed by atoms with Gasteiger partial charge in [-0.1, -0.05) is 40.0 Å². The van der Waals surface area contributed by atoms with Gasteiger partial charge in [0.05, 0.1) is 25.6 Å². The standard InChI is InChI=1S/C27H42N2O4/c1-4-7-18-30-19-10-8-9-11-20-31-25-21-28-27(29-22-25)23-13-15-24(16-14-23)33-26(12-5-2)32-17-6-3/h13-16,21-22,26H,4-12,17-20H2,1-3H3. The first-order chi connectivity index (χ1) is 16.3. The van der Waals surface area contributed by atoms with Crippen LogP contribution in [-0.2, 0) is 9.47 Å². The van der Waals surface area contributed by atoms with Crippen LogP contribution >= 0.6 is 0 Å². The molecule has 0 N–H and O–H groups in total. The summed E-state index contributed by atoms with van der Waals surface area (Å²) in [4.78, 5) is 8.91. The van der Waals surface area contributed by atoms with Crippen LogP contribution < -0.4 is 9.47 Å². The van der Waals surface area contributed by atoms with Crippen molar-refractivity contribution in [3.8, 4) is 22.9 Å². The van der Waals surface area contributed by atoms with Gasteiger partial charge in [-0.3, -0.25) is 0 Å². The second-order valence-electron chi connectivity index (χ2n) is 8.20. The average Bonchev–Trinajstić information content (AvgIpc) is 2.85. The Hall–Kier alpha value is -2.18. The molecule has 2 aromatic rings. The zero-order valence-corrected chi connectivity index (χ0v) is 20.8. The van der Waals surface area contributed by atoms with E-state index in [2.05, 4.69) is 30.7 Å². The minimum atomic E-state index is -0.201. The van der Waals surface area contributed by atoms with Gasteiger partial charge in [0.15, 0.2) is 17.9 Å². The van der Waals surface area contributed by atoms with Crippen LogP contribution in [0.4, 0.5) is 0 Å². The third-order valence-corrected chi connectivity index (χ3v) is 5.13. The molecule has 1 aromatic heterocycles. The molecule has 1 atom stereocenters. The van der Waals surface area contributed by atoms with E-state index in [1.165, 1.54) is 12.8 Å². The van der Waals surface area contributed by atoms with Crippen molar-refractivity contribution < 1.29 is 18.9 Å². The van der Waals surface area contributed by atoms with E-state index in [1.807, 2.05) is 24.3 Å². The quantitative estimate of drug-likeness (QED) is 0.170. The van der Waals surface area contributed by atoms with Gasteiger partial charge in [0.2, 0.25) is 0 Å². The Morgan fingerprint density at radius 1 is 0.697 bits per heavy atom. The molecule has 0 spiro atoms. The van der Waals surface area contributed by atoms with Gasteiger partial charge in [-0.15, -0.1) is 0 Å². The lowest BCUT2D eigenvalue weighted by Gasteiger charge is -2.19. The summed E-state index contributed by atoms with van der Waals surface area (Å²) < 4.78 is 23.1. The van der Waals surface area contributed by atoms with Gasteiger partial charge in [0, 0.05) is 25.2 Å². The molecule has 6 heteroatoms. The molecule has 0 saturated carbocycles. The van der Waals surface area contributed by atoms with Crippen molar-refractivity contribution in [2.24, 2.45) is 0 Å². The Bertz CT molecular complexity index is 722. The number of nitrogens with zero attached hydrogens (tertiary/aromatic N) is 2. The number of hydrogen-bond donors (Lipinski definition) is 0. The number of unbranched alkanes of at least 4 members (excludes halogenated alkanes) is 4. The van der Waals surface area contributed by atoms with E-state index in [-0.39, 0.29) is 6.29 Å². The highest BCUT2D eigenvalue weighted by Gasteiger charge is 2.10. The Balaban J connectivity index is 1.69. The summed E-state index contributed by atoms with van der Waals surface area (Å²) in [5, 5.41) is 0. The molecule has 33 heavy (non-hydrogen) atoms. The molecule has 0 bridgehead atoms. The van der Waals surface area contributed by atoms with E-state index in [0.29, 0.717) is 24.8 Å². The molecule has 0 aliphatic heterocycles. The SMILES string of the molecule is CCCCOCCCCCCOc1cnc(-c2ccc(OC(CCC)OCCC)cc2)nc1. The van der Waals surface area contributed by atoms with E-state index >= 15 is 0 Å². The lowest BCUT2D eigenvalue weighted by Crippen LogP contribution is -2.20. The smallest absolute Gasteiger partial charge is 0.199 e. The molecule has 0 amide bonds. The molecule has 1 unspecified atom stereocenters. The van der Waals surface area contributed by atoms with Crippen molar-refractivity contribution in [3.63, 3.8) is 0 Å². The van der Waals surface area contributed by atoms with Crippen LogP contribution in [0.1, 0.15) is 78.6 Å². The van der Waals surface area contributed by atoms with Gasteiger partial charge in [0.25, 0.3) is 0 Å². The van der Waals surface area contributed by atoms with Gasteiger partial charge in [0.1, 0.15) is 5.75 Å². The van der Waals surface area contributed by atoms with E-state index in [1.54, 1.807) is 12.4 Å². The first kappa shape index (κ1) is 27.1. The highest BCUT2D eigenvalue weighted by atomic mass is 16.7. The molecule has 0 aliphatic rings. The van der Waals surface area contributed by atoms with E-state index in [0.717, 1.165) is 69.5 Å². The molecule has 1 heterocycles. The van der Waals surface area contributed by atoms with Gasteiger partial charge < -0.3 is 18.9 Å². The molecule has 1 aromatic carbocycles. The first-order valence-corrected chi connectivity index (χ1v) is 12.7. The predicted molar refractivity (Wildman–Crippen MR) is 133 cm³/mol. The second-order valence-corrected chi connectivity index (χ2v) is 8.20. The maximum atomic E-state index is 5.98. The van der Waals surface area contributed by atoms with Crippen molar-refractivity contribution in [2.45, 2.75) is 84.8 Å². The maximum absolute atomic E-state index is 5.98. The lowest BCUT2D eigenvalue weighted by molar-refractivity contribution is -0.0844. The summed E-state index contributed by atoms with van der Waals surface area (Å²) in [7, 11) is 0. The molecule has 0 aliphatic carbocycles. The Morgan fingerprint density at radius 2 is 1.39 bits per heavy atom. The highest BCUT2D eigenvalue weighted by Crippen LogP contribution is 2.22. The molecular weight excluding hydrogens is 416 g/mol. The van der Waals surface area contributed by atoms with Crippen molar-refractivity contribution >= 4 is 0 Å². The van der Waals surface area contributed by atoms with Gasteiger partial charge in [-0.05, 0) is 56.4 Å². The molecule has 6 nitrogen and oxygen atoms in total. The fraction of sp³-hybridized carbons (Fsp3) is 0.630. The Kier molecular flexibility index (Phi) is 14.2. The fourth-order valence-electron chi connectivity index (χ4n) is 3.23. The number of ether oxygens (including phenoxy) is 4. The summed E-state index contributed by atoms with van der Waals surface area (Å²) in [6.45, 7) is 9.56. The molecule has 2 rings (SSSR count). The molecule has 0 saturated heterocycles. The van der Waals surface area contributed by atoms with Crippen LogP contribution in [0.5, 0.6) is 11.5 Å². The molecular formula is C27H42N2O4. The fourth-order valence-corrected chi connectivity index (χ4v) is 3.23. The monoisotopic (exact) mass is 458 g/mol. The van der Waals surface area contributed by atoms with Crippen LogP contribution in [0, 0.1) is 0 Å². The first-order valence-electron chi connectivity index (χ1n) is 12.7. The topological polar surface area (TPSA) is 62.7 Å². The van der Waals surface area contributed by atoms with Crippen molar-refractivity contribution in [1.29, 1.82) is 0 Å². The third kappa shape index (κ3) is 11.5. The van der Waals surface area contributed by atoms with E-state index in [4.69, 9.17) is 18.9 Å². The highest BCUT2D eigenvalue weighted by molar-refractivity contribution is 5.56. The summed E-state index contributed by atoms with van der Waals surface area (Å²) in [6, 6.07) is 7.83. The van der Waals surface area contributed by atoms with Crippen molar-refractivity contribution in [1.82, 2.24) is 9.97 Å². The lowest BCUT2D eigenvalue weighted by atomic mass is 10.2. The average molecular weight is 459 g/mol. The van der Waals surface area contributed by atoms with Crippen molar-refractivity contribution in [2.75, 3.05) is 26.4 Å². The number of aromatic nitrogens is 2. The van der Waals surface area contributed by atoms with Crippen molar-refractivity contribution in [3.05, 3.63) is 36.7 Å².